The molecule has 3 aromatic carbocycles. The zero-order chi connectivity index (χ0) is 26.5. The highest BCUT2D eigenvalue weighted by molar-refractivity contribution is 6.25. The number of hydrogen-bond acceptors (Lipinski definition) is 7. The number of nitro benzene ring substituents is 1. The molecule has 4 atom stereocenters. The molecule has 37 heavy (non-hydrogen) atoms. The van der Waals surface area contributed by atoms with Gasteiger partial charge >= 0.3 is 5.97 Å². The third-order valence-corrected chi connectivity index (χ3v) is 7.16. The first-order chi connectivity index (χ1) is 17.6. The minimum Gasteiger partial charge on any atom is -0.508 e. The molecule has 2 aliphatic rings. The van der Waals surface area contributed by atoms with Crippen LogP contribution in [0.5, 0.6) is 5.75 Å². The lowest BCUT2D eigenvalue weighted by molar-refractivity contribution is -0.384. The van der Waals surface area contributed by atoms with Crippen LogP contribution in [-0.2, 0) is 20.8 Å². The van der Waals surface area contributed by atoms with E-state index in [0.717, 1.165) is 4.90 Å². The molecular weight excluding hydrogens is 478 g/mol. The number of aliphatic carboxylic acids is 1. The molecule has 0 spiro atoms. The van der Waals surface area contributed by atoms with E-state index >= 15 is 0 Å². The predicted molar refractivity (Wildman–Crippen MR) is 132 cm³/mol. The Morgan fingerprint density at radius 3 is 2.43 bits per heavy atom. The summed E-state index contributed by atoms with van der Waals surface area (Å²) in [7, 11) is 0. The summed E-state index contributed by atoms with van der Waals surface area (Å²) in [6.45, 7) is 1.65. The minimum atomic E-state index is -1.89. The molecule has 0 bridgehead atoms. The number of rotatable bonds is 6. The number of carboxylic acids is 1. The molecule has 2 amide bonds. The Kier molecular flexibility index (Phi) is 5.76. The molecule has 3 N–H and O–H groups in total. The van der Waals surface area contributed by atoms with E-state index in [1.54, 1.807) is 55.5 Å². The number of nitrogens with zero attached hydrogens (tertiary/aromatic N) is 2. The van der Waals surface area contributed by atoms with Gasteiger partial charge in [-0.1, -0.05) is 48.5 Å². The number of phenolic OH excluding ortho intramolecular Hbond substituents is 1. The maximum absolute atomic E-state index is 13.9. The predicted octanol–water partition coefficient (Wildman–Crippen LogP) is 3.13. The van der Waals surface area contributed by atoms with Gasteiger partial charge in [0.1, 0.15) is 17.0 Å². The summed E-state index contributed by atoms with van der Waals surface area (Å²) in [5.41, 5.74) is -0.886. The average Bonchev–Trinajstić information content (AvgIpc) is 3.34. The Morgan fingerprint density at radius 2 is 1.78 bits per heavy atom. The molecule has 2 heterocycles. The molecule has 188 valence electrons. The van der Waals surface area contributed by atoms with Gasteiger partial charge in [0.15, 0.2) is 0 Å². The Morgan fingerprint density at radius 1 is 1.05 bits per heavy atom. The summed E-state index contributed by atoms with van der Waals surface area (Å²) in [4.78, 5) is 52.6. The van der Waals surface area contributed by atoms with Crippen molar-refractivity contribution in [1.29, 1.82) is 0 Å². The van der Waals surface area contributed by atoms with Crippen molar-refractivity contribution in [3.05, 3.63) is 99.6 Å². The zero-order valence-corrected chi connectivity index (χ0v) is 19.7. The molecule has 3 aromatic rings. The SMILES string of the molecule is Cc1ccc(N2C(=O)[C@@H]3[C@H](c4cccc(O)c4)N[C@](Cc4ccccc4)(C(=O)O)[C@H]3C2=O)c([N+](=O)[O-])c1. The molecule has 0 aromatic heterocycles. The number of anilines is 1. The van der Waals surface area contributed by atoms with E-state index in [1.807, 2.05) is 0 Å². The fourth-order valence-corrected chi connectivity index (χ4v) is 5.57. The molecule has 10 heteroatoms. The number of nitrogens with one attached hydrogen (secondary N) is 1. The molecule has 0 unspecified atom stereocenters. The Hall–Kier alpha value is -4.57. The number of benzene rings is 3. The van der Waals surface area contributed by atoms with Crippen LogP contribution in [0.2, 0.25) is 0 Å². The first-order valence-electron chi connectivity index (χ1n) is 11.6. The highest BCUT2D eigenvalue weighted by Crippen LogP contribution is 2.52. The van der Waals surface area contributed by atoms with Gasteiger partial charge in [-0.25, -0.2) is 4.90 Å². The largest absolute Gasteiger partial charge is 0.508 e. The van der Waals surface area contributed by atoms with Crippen LogP contribution in [0.1, 0.15) is 22.7 Å². The second-order valence-corrected chi connectivity index (χ2v) is 9.42. The number of phenols is 1. The number of hydrogen-bond donors (Lipinski definition) is 3. The van der Waals surface area contributed by atoms with Crippen LogP contribution >= 0.6 is 0 Å². The number of carbonyl (C=O) groups is 3. The number of aryl methyl sites for hydroxylation is 1. The topological polar surface area (TPSA) is 150 Å². The monoisotopic (exact) mass is 501 g/mol. The van der Waals surface area contributed by atoms with Gasteiger partial charge in [0, 0.05) is 18.5 Å². The van der Waals surface area contributed by atoms with Crippen molar-refractivity contribution in [3.63, 3.8) is 0 Å². The molecule has 10 nitrogen and oxygen atoms in total. The zero-order valence-electron chi connectivity index (χ0n) is 19.7. The van der Waals surface area contributed by atoms with Gasteiger partial charge in [-0.15, -0.1) is 0 Å². The third kappa shape index (κ3) is 3.82. The van der Waals surface area contributed by atoms with Gasteiger partial charge in [0.05, 0.1) is 16.8 Å². The van der Waals surface area contributed by atoms with Crippen molar-refractivity contribution < 1.29 is 29.5 Å². The van der Waals surface area contributed by atoms with Crippen LogP contribution in [0.15, 0.2) is 72.8 Å². The maximum Gasteiger partial charge on any atom is 0.325 e. The maximum atomic E-state index is 13.9. The lowest BCUT2D eigenvalue weighted by Gasteiger charge is -2.31. The molecule has 0 aliphatic carbocycles. The second kappa shape index (κ2) is 8.82. The van der Waals surface area contributed by atoms with Crippen LogP contribution in [-0.4, -0.2) is 38.5 Å². The van der Waals surface area contributed by atoms with Crippen molar-refractivity contribution in [3.8, 4) is 5.75 Å². The number of amides is 2. The normalized spacial score (nSPS) is 24.8. The van der Waals surface area contributed by atoms with E-state index in [1.165, 1.54) is 24.3 Å². The quantitative estimate of drug-likeness (QED) is 0.265. The molecule has 2 saturated heterocycles. The number of fused-ring (bicyclic) bond motifs is 1. The summed E-state index contributed by atoms with van der Waals surface area (Å²) in [6.07, 6.45) is -0.109. The Balaban J connectivity index is 1.70. The second-order valence-electron chi connectivity index (χ2n) is 9.42. The van der Waals surface area contributed by atoms with Crippen molar-refractivity contribution in [2.45, 2.75) is 24.9 Å². The molecule has 5 rings (SSSR count). The Bertz CT molecular complexity index is 1440. The summed E-state index contributed by atoms with van der Waals surface area (Å²) < 4.78 is 0. The lowest BCUT2D eigenvalue weighted by atomic mass is 9.76. The van der Waals surface area contributed by atoms with E-state index in [9.17, 15) is 34.7 Å². The molecule has 2 aliphatic heterocycles. The molecule has 2 fully saturated rings. The lowest BCUT2D eigenvalue weighted by Crippen LogP contribution is -2.57. The van der Waals surface area contributed by atoms with Gasteiger partial charge in [-0.2, -0.15) is 0 Å². The highest BCUT2D eigenvalue weighted by atomic mass is 16.6. The van der Waals surface area contributed by atoms with E-state index < -0.39 is 51.8 Å². The fourth-order valence-electron chi connectivity index (χ4n) is 5.57. The van der Waals surface area contributed by atoms with E-state index in [-0.39, 0.29) is 17.9 Å². The number of aromatic hydroxyl groups is 1. The van der Waals surface area contributed by atoms with Gasteiger partial charge in [-0.05, 0) is 41.8 Å². The smallest absolute Gasteiger partial charge is 0.325 e. The van der Waals surface area contributed by atoms with Crippen molar-refractivity contribution in [2.24, 2.45) is 11.8 Å². The fraction of sp³-hybridized carbons (Fsp3) is 0.222. The summed E-state index contributed by atoms with van der Waals surface area (Å²) in [6, 6.07) is 18.0. The standard InChI is InChI=1S/C27H23N3O7/c1-15-10-11-19(20(12-15)30(36)37)29-24(32)21-22(25(29)33)27(26(34)35,14-16-6-3-2-4-7-16)28-23(21)17-8-5-9-18(31)13-17/h2-13,21-23,28,31H,14H2,1H3,(H,34,35)/t21-,22+,23-,27-/m0/s1. The summed E-state index contributed by atoms with van der Waals surface area (Å²) >= 11 is 0. The molecule has 0 saturated carbocycles. The minimum absolute atomic E-state index is 0.0884. The first kappa shape index (κ1) is 24.1. The van der Waals surface area contributed by atoms with Crippen LogP contribution in [0, 0.1) is 28.9 Å². The Labute approximate surface area is 211 Å². The van der Waals surface area contributed by atoms with E-state index in [0.29, 0.717) is 16.7 Å². The van der Waals surface area contributed by atoms with Crippen LogP contribution in [0.4, 0.5) is 11.4 Å². The number of imide groups is 1. The average molecular weight is 501 g/mol. The van der Waals surface area contributed by atoms with Gasteiger partial charge in [-0.3, -0.25) is 29.8 Å². The van der Waals surface area contributed by atoms with Crippen LogP contribution in [0.25, 0.3) is 0 Å². The van der Waals surface area contributed by atoms with Crippen molar-refractivity contribution in [1.82, 2.24) is 5.32 Å². The molecule has 0 radical (unpaired) electrons. The number of carbonyl (C=O) groups excluding carboxylic acids is 2. The van der Waals surface area contributed by atoms with Gasteiger partial charge in [0.2, 0.25) is 11.8 Å². The van der Waals surface area contributed by atoms with Crippen molar-refractivity contribution >= 4 is 29.2 Å². The van der Waals surface area contributed by atoms with Gasteiger partial charge in [0.25, 0.3) is 5.69 Å². The number of nitro groups is 1. The highest BCUT2D eigenvalue weighted by Gasteiger charge is 2.69. The van der Waals surface area contributed by atoms with E-state index in [2.05, 4.69) is 5.32 Å². The number of carboxylic acid groups (broad SMARTS) is 1. The third-order valence-electron chi connectivity index (χ3n) is 7.16. The van der Waals surface area contributed by atoms with Gasteiger partial charge < -0.3 is 10.2 Å². The first-order valence-corrected chi connectivity index (χ1v) is 11.6. The summed E-state index contributed by atoms with van der Waals surface area (Å²) in [5, 5.41) is 35.5. The van der Waals surface area contributed by atoms with Crippen molar-refractivity contribution in [2.75, 3.05) is 4.90 Å². The molecular formula is C27H23N3O7. The van der Waals surface area contributed by atoms with E-state index in [4.69, 9.17) is 0 Å². The van der Waals surface area contributed by atoms with Crippen LogP contribution < -0.4 is 10.2 Å². The van der Waals surface area contributed by atoms with Crippen LogP contribution in [0.3, 0.4) is 0 Å². The summed E-state index contributed by atoms with van der Waals surface area (Å²) in [5.74, 6) is -5.50.